The van der Waals surface area contributed by atoms with E-state index in [1.54, 1.807) is 31.2 Å². The highest BCUT2D eigenvalue weighted by molar-refractivity contribution is 7.92. The first-order chi connectivity index (χ1) is 19.4. The summed E-state index contributed by atoms with van der Waals surface area (Å²) in [6.07, 6.45) is 0. The lowest BCUT2D eigenvalue weighted by atomic mass is 10.1. The first kappa shape index (κ1) is 31.9. The van der Waals surface area contributed by atoms with E-state index < -0.39 is 34.3 Å². The summed E-state index contributed by atoms with van der Waals surface area (Å²) in [6.45, 7) is 7.49. The van der Waals surface area contributed by atoms with Gasteiger partial charge in [0.1, 0.15) is 24.2 Å². The van der Waals surface area contributed by atoms with Crippen molar-refractivity contribution in [3.05, 3.63) is 89.2 Å². The Kier molecular flexibility index (Phi) is 11.1. The van der Waals surface area contributed by atoms with Gasteiger partial charge in [0.05, 0.1) is 17.2 Å². The number of sulfonamides is 1. The zero-order valence-electron chi connectivity index (χ0n) is 23.5. The quantitative estimate of drug-likeness (QED) is 0.287. The van der Waals surface area contributed by atoms with Crippen molar-refractivity contribution in [1.82, 2.24) is 10.2 Å². The van der Waals surface area contributed by atoms with Gasteiger partial charge in [0.2, 0.25) is 11.8 Å². The molecule has 0 bridgehead atoms. The molecule has 3 aromatic rings. The van der Waals surface area contributed by atoms with Gasteiger partial charge < -0.3 is 15.0 Å². The third-order valence-electron chi connectivity index (χ3n) is 6.21. The third kappa shape index (κ3) is 8.68. The molecule has 220 valence electrons. The summed E-state index contributed by atoms with van der Waals surface area (Å²) < 4.78 is 47.8. The number of carbonyl (C=O) groups is 2. The van der Waals surface area contributed by atoms with E-state index in [2.05, 4.69) is 5.32 Å². The number of rotatable bonds is 13. The Morgan fingerprint density at radius 3 is 2.24 bits per heavy atom. The molecule has 11 heteroatoms. The third-order valence-corrected chi connectivity index (χ3v) is 8.23. The molecule has 0 unspecified atom stereocenters. The van der Waals surface area contributed by atoms with E-state index in [1.807, 2.05) is 20.8 Å². The van der Waals surface area contributed by atoms with E-state index in [4.69, 9.17) is 16.3 Å². The summed E-state index contributed by atoms with van der Waals surface area (Å²) >= 11 is 6.16. The fourth-order valence-electron chi connectivity index (χ4n) is 4.00. The molecule has 3 rings (SSSR count). The maximum atomic E-state index is 13.9. The van der Waals surface area contributed by atoms with E-state index >= 15 is 0 Å². The van der Waals surface area contributed by atoms with Crippen LogP contribution < -0.4 is 14.4 Å². The summed E-state index contributed by atoms with van der Waals surface area (Å²) in [7, 11) is -4.29. The maximum absolute atomic E-state index is 13.9. The van der Waals surface area contributed by atoms with Crippen LogP contribution in [0.25, 0.3) is 0 Å². The number of halogens is 2. The van der Waals surface area contributed by atoms with Gasteiger partial charge >= 0.3 is 0 Å². The predicted molar refractivity (Wildman–Crippen MR) is 158 cm³/mol. The van der Waals surface area contributed by atoms with Crippen molar-refractivity contribution < 1.29 is 27.1 Å². The maximum Gasteiger partial charge on any atom is 0.264 e. The Bertz CT molecular complexity index is 1430. The van der Waals surface area contributed by atoms with Crippen molar-refractivity contribution in [2.75, 3.05) is 24.0 Å². The van der Waals surface area contributed by atoms with Gasteiger partial charge in [0.25, 0.3) is 10.0 Å². The molecular weight excluding hydrogens is 569 g/mol. The minimum Gasteiger partial charge on any atom is -0.494 e. The topological polar surface area (TPSA) is 96.0 Å². The molecule has 8 nitrogen and oxygen atoms in total. The molecule has 3 aromatic carbocycles. The van der Waals surface area contributed by atoms with Gasteiger partial charge in [0, 0.05) is 18.1 Å². The van der Waals surface area contributed by atoms with Crippen LogP contribution in [0.5, 0.6) is 5.75 Å². The second-order valence-corrected chi connectivity index (χ2v) is 12.2. The summed E-state index contributed by atoms with van der Waals surface area (Å²) in [5.74, 6) is -0.884. The average Bonchev–Trinajstić information content (AvgIpc) is 2.94. The number of carbonyl (C=O) groups excluding carboxylic acids is 2. The number of nitrogens with one attached hydrogen (secondary N) is 1. The fraction of sp³-hybridized carbons (Fsp3) is 0.333. The molecular formula is C30H35ClFN3O5S. The molecule has 2 amide bonds. The number of anilines is 1. The lowest BCUT2D eigenvalue weighted by Crippen LogP contribution is -2.51. The van der Waals surface area contributed by atoms with Gasteiger partial charge in [-0.05, 0) is 86.0 Å². The highest BCUT2D eigenvalue weighted by atomic mass is 35.5. The molecule has 0 aromatic heterocycles. The normalized spacial score (nSPS) is 12.1. The predicted octanol–water partition coefficient (Wildman–Crippen LogP) is 5.26. The molecule has 0 spiro atoms. The second-order valence-electron chi connectivity index (χ2n) is 9.86. The molecule has 0 saturated heterocycles. The minimum atomic E-state index is -4.29. The standard InChI is InChI=1S/C30H35ClFN3O5S/c1-5-40-27-13-15-28(16-14-27)41(38,39)35(26-11-9-25(32)10-12-26)20-29(36)34(19-23-7-6-8-24(31)17-23)22(4)30(37)33-18-21(2)3/h6-17,21-22H,5,18-20H2,1-4H3,(H,33,37)/t22-/m0/s1. The van der Waals surface area contributed by atoms with E-state index in [-0.39, 0.29) is 29.0 Å². The average molecular weight is 604 g/mol. The zero-order chi connectivity index (χ0) is 30.2. The first-order valence-electron chi connectivity index (χ1n) is 13.2. The smallest absolute Gasteiger partial charge is 0.264 e. The fourth-order valence-corrected chi connectivity index (χ4v) is 5.63. The van der Waals surface area contributed by atoms with Gasteiger partial charge in [-0.2, -0.15) is 0 Å². The van der Waals surface area contributed by atoms with Crippen molar-refractivity contribution in [1.29, 1.82) is 0 Å². The Morgan fingerprint density at radius 2 is 1.66 bits per heavy atom. The molecule has 0 saturated carbocycles. The van der Waals surface area contributed by atoms with Gasteiger partial charge in [-0.15, -0.1) is 0 Å². The first-order valence-corrected chi connectivity index (χ1v) is 15.1. The van der Waals surface area contributed by atoms with Gasteiger partial charge in [-0.1, -0.05) is 37.6 Å². The van der Waals surface area contributed by atoms with Gasteiger partial charge in [0.15, 0.2) is 0 Å². The summed E-state index contributed by atoms with van der Waals surface area (Å²) in [4.78, 5) is 28.2. The number of ether oxygens (including phenoxy) is 1. The number of hydrogen-bond donors (Lipinski definition) is 1. The van der Waals surface area contributed by atoms with Crippen LogP contribution in [0.1, 0.15) is 33.3 Å². The molecule has 0 aliphatic rings. The summed E-state index contributed by atoms with van der Waals surface area (Å²) in [5, 5.41) is 3.29. The highest BCUT2D eigenvalue weighted by Gasteiger charge is 2.32. The van der Waals surface area contributed by atoms with E-state index in [0.29, 0.717) is 29.5 Å². The van der Waals surface area contributed by atoms with E-state index in [9.17, 15) is 22.4 Å². The number of amides is 2. The molecule has 1 atom stereocenters. The molecule has 0 heterocycles. The van der Waals surface area contributed by atoms with E-state index in [1.165, 1.54) is 41.3 Å². The SMILES string of the molecule is CCOc1ccc(S(=O)(=O)N(CC(=O)N(Cc2cccc(Cl)c2)[C@@H](C)C(=O)NCC(C)C)c2ccc(F)cc2)cc1. The second kappa shape index (κ2) is 14.3. The van der Waals surface area contributed by atoms with Crippen molar-refractivity contribution in [3.63, 3.8) is 0 Å². The Hall–Kier alpha value is -3.63. The highest BCUT2D eigenvalue weighted by Crippen LogP contribution is 2.26. The van der Waals surface area contributed by atoms with Crippen molar-refractivity contribution in [2.45, 2.75) is 45.2 Å². The zero-order valence-corrected chi connectivity index (χ0v) is 25.1. The van der Waals surface area contributed by atoms with Crippen LogP contribution in [0, 0.1) is 11.7 Å². The molecule has 0 fully saturated rings. The molecule has 41 heavy (non-hydrogen) atoms. The summed E-state index contributed by atoms with van der Waals surface area (Å²) in [6, 6.07) is 16.5. The van der Waals surface area contributed by atoms with Crippen molar-refractivity contribution >= 4 is 39.1 Å². The van der Waals surface area contributed by atoms with Crippen molar-refractivity contribution in [2.24, 2.45) is 5.92 Å². The number of nitrogens with zero attached hydrogens (tertiary/aromatic N) is 2. The summed E-state index contributed by atoms with van der Waals surface area (Å²) in [5.41, 5.74) is 0.755. The van der Waals surface area contributed by atoms with E-state index in [0.717, 1.165) is 16.4 Å². The van der Waals surface area contributed by atoms with Crippen LogP contribution >= 0.6 is 11.6 Å². The van der Waals surface area contributed by atoms with Crippen LogP contribution in [0.4, 0.5) is 10.1 Å². The lowest BCUT2D eigenvalue weighted by Gasteiger charge is -2.32. The largest absolute Gasteiger partial charge is 0.494 e. The minimum absolute atomic E-state index is 0.00994. The Labute approximate surface area is 246 Å². The van der Waals surface area contributed by atoms with Crippen LogP contribution in [0.3, 0.4) is 0 Å². The number of hydrogen-bond acceptors (Lipinski definition) is 5. The Balaban J connectivity index is 2.00. The van der Waals surface area contributed by atoms with Crippen LogP contribution in [-0.2, 0) is 26.2 Å². The van der Waals surface area contributed by atoms with Crippen LogP contribution in [-0.4, -0.2) is 50.9 Å². The molecule has 0 aliphatic carbocycles. The molecule has 0 radical (unpaired) electrons. The number of benzene rings is 3. The lowest BCUT2D eigenvalue weighted by molar-refractivity contribution is -0.139. The van der Waals surface area contributed by atoms with Gasteiger partial charge in [-0.3, -0.25) is 13.9 Å². The van der Waals surface area contributed by atoms with Crippen LogP contribution in [0.2, 0.25) is 5.02 Å². The van der Waals surface area contributed by atoms with Crippen LogP contribution in [0.15, 0.2) is 77.7 Å². The molecule has 0 aliphatic heterocycles. The van der Waals surface area contributed by atoms with Gasteiger partial charge in [-0.25, -0.2) is 12.8 Å². The Morgan fingerprint density at radius 1 is 1.00 bits per heavy atom. The molecule has 1 N–H and O–H groups in total. The van der Waals surface area contributed by atoms with Crippen molar-refractivity contribution in [3.8, 4) is 5.75 Å². The monoisotopic (exact) mass is 603 g/mol.